The smallest absolute Gasteiger partial charge is 0.264 e. The maximum absolute atomic E-state index is 11.1. The summed E-state index contributed by atoms with van der Waals surface area (Å²) in [6.45, 7) is 1.90. The maximum Gasteiger partial charge on any atom is 0.264 e. The van der Waals surface area contributed by atoms with Crippen molar-refractivity contribution in [3.05, 3.63) is 40.0 Å². The van der Waals surface area contributed by atoms with Crippen LogP contribution in [0.3, 0.4) is 0 Å². The first-order chi connectivity index (χ1) is 6.66. The van der Waals surface area contributed by atoms with E-state index in [4.69, 9.17) is 5.73 Å². The molecule has 1 aliphatic carbocycles. The Morgan fingerprint density at radius 1 is 1.43 bits per heavy atom. The fraction of sp³-hybridized carbons (Fsp3) is 0.300. The zero-order valence-electron chi connectivity index (χ0n) is 8.08. The molecule has 1 heterocycles. The molecule has 0 bridgehead atoms. The minimum Gasteiger partial charge on any atom is -0.402 e. The third-order valence-electron chi connectivity index (χ3n) is 2.36. The second-order valence-corrected chi connectivity index (χ2v) is 3.50. The lowest BCUT2D eigenvalue weighted by Crippen LogP contribution is -2.09. The minimum absolute atomic E-state index is 0.0640. The fourth-order valence-electron chi connectivity index (χ4n) is 1.61. The Labute approximate surface area is 81.7 Å². The zero-order valence-corrected chi connectivity index (χ0v) is 8.08. The molecule has 3 N–H and O–H groups in total. The lowest BCUT2D eigenvalue weighted by molar-refractivity contribution is 0.790. The summed E-state index contributed by atoms with van der Waals surface area (Å²) in [5.74, 6) is 0. The Morgan fingerprint density at radius 2 is 2.21 bits per heavy atom. The van der Waals surface area contributed by atoms with Gasteiger partial charge in [0.2, 0.25) is 0 Å². The van der Waals surface area contributed by atoms with E-state index in [1.807, 2.05) is 23.8 Å². The molecule has 0 aliphatic heterocycles. The second kappa shape index (κ2) is 3.21. The Kier molecular flexibility index (Phi) is 2.04. The number of nitrogens with one attached hydrogen (secondary N) is 1. The van der Waals surface area contributed by atoms with Gasteiger partial charge in [0.1, 0.15) is 0 Å². The van der Waals surface area contributed by atoms with Gasteiger partial charge in [-0.1, -0.05) is 0 Å². The van der Waals surface area contributed by atoms with Gasteiger partial charge < -0.3 is 5.73 Å². The van der Waals surface area contributed by atoms with Crippen molar-refractivity contribution in [1.29, 1.82) is 0 Å². The number of nitrogens with two attached hydrogens (primary N) is 1. The van der Waals surface area contributed by atoms with Crippen molar-refractivity contribution >= 4 is 5.70 Å². The van der Waals surface area contributed by atoms with Crippen molar-refractivity contribution in [2.24, 2.45) is 5.73 Å². The molecule has 4 heteroatoms. The number of hydrogen-bond acceptors (Lipinski definition) is 2. The molecule has 0 radical (unpaired) electrons. The molecule has 4 nitrogen and oxygen atoms in total. The van der Waals surface area contributed by atoms with E-state index < -0.39 is 0 Å². The van der Waals surface area contributed by atoms with Gasteiger partial charge in [0.25, 0.3) is 5.56 Å². The lowest BCUT2D eigenvalue weighted by Gasteiger charge is -2.13. The Balaban J connectivity index is 2.41. The van der Waals surface area contributed by atoms with Crippen LogP contribution in [0.5, 0.6) is 0 Å². The summed E-state index contributed by atoms with van der Waals surface area (Å²) < 4.78 is 1.81. The Morgan fingerprint density at radius 3 is 2.71 bits per heavy atom. The average molecular weight is 191 g/mol. The molecule has 0 atom stereocenters. The summed E-state index contributed by atoms with van der Waals surface area (Å²) in [5, 5.41) is 2.75. The van der Waals surface area contributed by atoms with Gasteiger partial charge in [0, 0.05) is 23.2 Å². The van der Waals surface area contributed by atoms with Crippen LogP contribution in [-0.4, -0.2) is 9.78 Å². The van der Waals surface area contributed by atoms with Gasteiger partial charge in [-0.05, 0) is 31.9 Å². The largest absolute Gasteiger partial charge is 0.402 e. The molecule has 0 amide bonds. The second-order valence-electron chi connectivity index (χ2n) is 3.50. The van der Waals surface area contributed by atoms with Gasteiger partial charge in [-0.15, -0.1) is 0 Å². The summed E-state index contributed by atoms with van der Waals surface area (Å²) in [7, 11) is 0. The van der Waals surface area contributed by atoms with E-state index in [0.29, 0.717) is 0 Å². The van der Waals surface area contributed by atoms with E-state index in [1.165, 1.54) is 0 Å². The van der Waals surface area contributed by atoms with Gasteiger partial charge in [0.05, 0.1) is 0 Å². The third kappa shape index (κ3) is 1.51. The molecule has 0 spiro atoms. The number of aromatic amines is 1. The summed E-state index contributed by atoms with van der Waals surface area (Å²) >= 11 is 0. The van der Waals surface area contributed by atoms with Crippen LogP contribution < -0.4 is 11.3 Å². The molecule has 1 aromatic heterocycles. The molecule has 1 aliphatic rings. The van der Waals surface area contributed by atoms with Gasteiger partial charge in [-0.2, -0.15) is 0 Å². The molecular weight excluding hydrogens is 178 g/mol. The molecule has 0 saturated heterocycles. The Bertz CT molecular complexity index is 462. The molecule has 0 unspecified atom stereocenters. The monoisotopic (exact) mass is 191 g/mol. The van der Waals surface area contributed by atoms with E-state index in [9.17, 15) is 4.79 Å². The summed E-state index contributed by atoms with van der Waals surface area (Å²) in [5.41, 5.74) is 8.49. The third-order valence-corrected chi connectivity index (χ3v) is 2.36. The molecule has 74 valence electrons. The van der Waals surface area contributed by atoms with Gasteiger partial charge >= 0.3 is 0 Å². The number of aryl methyl sites for hydroxylation is 1. The van der Waals surface area contributed by atoms with Crippen LogP contribution in [0.4, 0.5) is 0 Å². The minimum atomic E-state index is -0.0640. The SMILES string of the molecule is Cc1cc(=O)[nH]n1C1=CC=C(N)CC1. The lowest BCUT2D eigenvalue weighted by atomic mass is 10.1. The summed E-state index contributed by atoms with van der Waals surface area (Å²) in [6.07, 6.45) is 5.55. The highest BCUT2D eigenvalue weighted by Crippen LogP contribution is 2.19. The van der Waals surface area contributed by atoms with Crippen LogP contribution in [0.15, 0.2) is 28.7 Å². The number of hydrogen-bond donors (Lipinski definition) is 2. The molecule has 2 rings (SSSR count). The highest BCUT2D eigenvalue weighted by atomic mass is 16.1. The number of nitrogens with zero attached hydrogens (tertiary/aromatic N) is 1. The summed E-state index contributed by atoms with van der Waals surface area (Å²) in [4.78, 5) is 11.1. The molecule has 0 fully saturated rings. The van der Waals surface area contributed by atoms with E-state index in [1.54, 1.807) is 6.07 Å². The first-order valence-electron chi connectivity index (χ1n) is 4.61. The van der Waals surface area contributed by atoms with E-state index in [-0.39, 0.29) is 5.56 Å². The van der Waals surface area contributed by atoms with Crippen LogP contribution in [0.1, 0.15) is 18.5 Å². The van der Waals surface area contributed by atoms with Crippen LogP contribution >= 0.6 is 0 Å². The van der Waals surface area contributed by atoms with Gasteiger partial charge in [-0.3, -0.25) is 14.6 Å². The van der Waals surface area contributed by atoms with Crippen molar-refractivity contribution in [1.82, 2.24) is 9.78 Å². The predicted molar refractivity (Wildman–Crippen MR) is 55.6 cm³/mol. The number of allylic oxidation sites excluding steroid dienone is 4. The number of rotatable bonds is 1. The van der Waals surface area contributed by atoms with Crippen LogP contribution in [-0.2, 0) is 0 Å². The van der Waals surface area contributed by atoms with E-state index in [0.717, 1.165) is 29.9 Å². The van der Waals surface area contributed by atoms with E-state index in [2.05, 4.69) is 5.10 Å². The van der Waals surface area contributed by atoms with Gasteiger partial charge in [0.15, 0.2) is 0 Å². The molecule has 0 saturated carbocycles. The van der Waals surface area contributed by atoms with E-state index >= 15 is 0 Å². The van der Waals surface area contributed by atoms with Crippen molar-refractivity contribution in [3.8, 4) is 0 Å². The highest BCUT2D eigenvalue weighted by molar-refractivity contribution is 5.51. The highest BCUT2D eigenvalue weighted by Gasteiger charge is 2.08. The number of aromatic nitrogens is 2. The van der Waals surface area contributed by atoms with Crippen LogP contribution in [0.25, 0.3) is 5.70 Å². The van der Waals surface area contributed by atoms with Crippen molar-refractivity contribution in [3.63, 3.8) is 0 Å². The Hall–Kier alpha value is -1.71. The quantitative estimate of drug-likeness (QED) is 0.694. The maximum atomic E-state index is 11.1. The normalized spacial score (nSPS) is 16.4. The standard InChI is InChI=1S/C10H13N3O/c1-7-6-10(14)12-13(7)9-4-2-8(11)3-5-9/h2,4,6H,3,5,11H2,1H3,(H,12,14). The number of H-pyrrole nitrogens is 1. The molecule has 1 aromatic rings. The molecule has 14 heavy (non-hydrogen) atoms. The summed E-state index contributed by atoms with van der Waals surface area (Å²) in [6, 6.07) is 1.59. The average Bonchev–Trinajstić information content (AvgIpc) is 2.47. The fourth-order valence-corrected chi connectivity index (χ4v) is 1.61. The van der Waals surface area contributed by atoms with Gasteiger partial charge in [-0.25, -0.2) is 0 Å². The van der Waals surface area contributed by atoms with Crippen LogP contribution in [0.2, 0.25) is 0 Å². The zero-order chi connectivity index (χ0) is 10.1. The van der Waals surface area contributed by atoms with Crippen molar-refractivity contribution in [2.45, 2.75) is 19.8 Å². The van der Waals surface area contributed by atoms with Crippen molar-refractivity contribution in [2.75, 3.05) is 0 Å². The molecular formula is C10H13N3O. The topological polar surface area (TPSA) is 63.8 Å². The first kappa shape index (κ1) is 8.87. The first-order valence-corrected chi connectivity index (χ1v) is 4.61. The predicted octanol–water partition coefficient (Wildman–Crippen LogP) is 0.962. The van der Waals surface area contributed by atoms with Crippen LogP contribution in [0, 0.1) is 6.92 Å². The van der Waals surface area contributed by atoms with Crippen molar-refractivity contribution < 1.29 is 0 Å². The molecule has 0 aromatic carbocycles.